The van der Waals surface area contributed by atoms with E-state index in [1.807, 2.05) is 12.1 Å². The molecule has 1 aromatic carbocycles. The predicted molar refractivity (Wildman–Crippen MR) is 57.2 cm³/mol. The molecule has 1 saturated heterocycles. The fourth-order valence-electron chi connectivity index (χ4n) is 2.32. The molecule has 2 nitrogen and oxygen atoms in total. The normalized spacial score (nSPS) is 25.7. The molecule has 0 radical (unpaired) electrons. The molecule has 0 saturated carbocycles. The van der Waals surface area contributed by atoms with E-state index in [9.17, 15) is 4.39 Å². The lowest BCUT2D eigenvalue weighted by Crippen LogP contribution is -2.30. The molecule has 3 heteroatoms. The Morgan fingerprint density at radius 3 is 2.80 bits per heavy atom. The van der Waals surface area contributed by atoms with E-state index < -0.39 is 0 Å². The maximum atomic E-state index is 13.7. The zero-order valence-electron chi connectivity index (χ0n) is 8.71. The van der Waals surface area contributed by atoms with Crippen LogP contribution in [0.2, 0.25) is 0 Å². The van der Waals surface area contributed by atoms with E-state index in [-0.39, 0.29) is 11.2 Å². The van der Waals surface area contributed by atoms with Crippen LogP contribution in [0.5, 0.6) is 0 Å². The summed E-state index contributed by atoms with van der Waals surface area (Å²) in [7, 11) is 0. The summed E-state index contributed by atoms with van der Waals surface area (Å²) >= 11 is 0. The molecular formula is C12H16FNO. The number of rotatable bonds is 3. The first-order valence-electron chi connectivity index (χ1n) is 5.31. The molecule has 0 amide bonds. The summed E-state index contributed by atoms with van der Waals surface area (Å²) < 4.78 is 19.1. The molecule has 15 heavy (non-hydrogen) atoms. The smallest absolute Gasteiger partial charge is 0.127 e. The number of ether oxygens (including phenoxy) is 1. The third-order valence-corrected chi connectivity index (χ3v) is 3.17. The largest absolute Gasteiger partial charge is 0.380 e. The molecule has 2 N–H and O–H groups in total. The summed E-state index contributed by atoms with van der Waals surface area (Å²) in [6, 6.07) is 6.94. The van der Waals surface area contributed by atoms with Crippen LogP contribution in [0.25, 0.3) is 0 Å². The first-order valence-corrected chi connectivity index (χ1v) is 5.31. The first-order chi connectivity index (χ1) is 7.28. The summed E-state index contributed by atoms with van der Waals surface area (Å²) in [5.74, 6) is -0.142. The Labute approximate surface area is 89.2 Å². The number of halogens is 1. The van der Waals surface area contributed by atoms with E-state index in [0.717, 1.165) is 18.4 Å². The highest BCUT2D eigenvalue weighted by atomic mass is 19.1. The van der Waals surface area contributed by atoms with E-state index in [1.165, 1.54) is 6.07 Å². The molecule has 0 aliphatic carbocycles. The van der Waals surface area contributed by atoms with Crippen LogP contribution in [0.1, 0.15) is 18.4 Å². The summed E-state index contributed by atoms with van der Waals surface area (Å²) in [5, 5.41) is 0. The van der Waals surface area contributed by atoms with E-state index in [2.05, 4.69) is 0 Å². The van der Waals surface area contributed by atoms with Gasteiger partial charge in [0.2, 0.25) is 0 Å². The molecule has 1 aliphatic heterocycles. The molecule has 82 valence electrons. The van der Waals surface area contributed by atoms with Gasteiger partial charge in [-0.15, -0.1) is 0 Å². The molecule has 1 aliphatic rings. The molecule has 1 fully saturated rings. The third kappa shape index (κ3) is 1.90. The van der Waals surface area contributed by atoms with Gasteiger partial charge < -0.3 is 10.5 Å². The highest BCUT2D eigenvalue weighted by molar-refractivity contribution is 5.28. The second-order valence-corrected chi connectivity index (χ2v) is 4.10. The molecule has 0 spiro atoms. The highest BCUT2D eigenvalue weighted by Gasteiger charge is 2.37. The van der Waals surface area contributed by atoms with E-state index in [4.69, 9.17) is 10.5 Å². The summed E-state index contributed by atoms with van der Waals surface area (Å²) in [5.41, 5.74) is 6.17. The van der Waals surface area contributed by atoms with Gasteiger partial charge >= 0.3 is 0 Å². The lowest BCUT2D eigenvalue weighted by atomic mass is 9.77. The van der Waals surface area contributed by atoms with Gasteiger partial charge in [-0.2, -0.15) is 0 Å². The van der Waals surface area contributed by atoms with Crippen LogP contribution < -0.4 is 5.73 Å². The van der Waals surface area contributed by atoms with Gasteiger partial charge in [0.05, 0.1) is 6.61 Å². The van der Waals surface area contributed by atoms with Crippen LogP contribution in [0, 0.1) is 5.82 Å². The van der Waals surface area contributed by atoms with Crippen LogP contribution in [-0.2, 0) is 10.2 Å². The van der Waals surface area contributed by atoms with Crippen LogP contribution in [-0.4, -0.2) is 19.8 Å². The lowest BCUT2D eigenvalue weighted by Gasteiger charge is -2.27. The van der Waals surface area contributed by atoms with E-state index in [1.54, 1.807) is 6.07 Å². The molecule has 0 bridgehead atoms. The SMILES string of the molecule is NCCC1(c2ccccc2F)CCOC1. The zero-order chi connectivity index (χ0) is 10.7. The minimum absolute atomic E-state index is 0.142. The highest BCUT2D eigenvalue weighted by Crippen LogP contribution is 2.37. The van der Waals surface area contributed by atoms with Crippen LogP contribution in [0.3, 0.4) is 0 Å². The summed E-state index contributed by atoms with van der Waals surface area (Å²) in [6.45, 7) is 1.86. The second kappa shape index (κ2) is 4.29. The van der Waals surface area contributed by atoms with Crippen molar-refractivity contribution in [1.82, 2.24) is 0 Å². The minimum atomic E-state index is -0.194. The number of hydrogen-bond acceptors (Lipinski definition) is 2. The van der Waals surface area contributed by atoms with Gasteiger partial charge in [-0.05, 0) is 31.0 Å². The quantitative estimate of drug-likeness (QED) is 0.824. The Balaban J connectivity index is 2.36. The number of hydrogen-bond donors (Lipinski definition) is 1. The Morgan fingerprint density at radius 1 is 1.40 bits per heavy atom. The maximum Gasteiger partial charge on any atom is 0.127 e. The van der Waals surface area contributed by atoms with Gasteiger partial charge in [-0.3, -0.25) is 0 Å². The maximum absolute atomic E-state index is 13.7. The monoisotopic (exact) mass is 209 g/mol. The molecular weight excluding hydrogens is 193 g/mol. The Kier molecular flexibility index (Phi) is 3.03. The Morgan fingerprint density at radius 2 is 2.20 bits per heavy atom. The first kappa shape index (κ1) is 10.6. The van der Waals surface area contributed by atoms with Crippen molar-refractivity contribution in [2.24, 2.45) is 5.73 Å². The summed E-state index contributed by atoms with van der Waals surface area (Å²) in [4.78, 5) is 0. The van der Waals surface area contributed by atoms with Gasteiger partial charge in [0, 0.05) is 12.0 Å². The Bertz CT molecular complexity index is 334. The van der Waals surface area contributed by atoms with Crippen molar-refractivity contribution < 1.29 is 9.13 Å². The number of benzene rings is 1. The van der Waals surface area contributed by atoms with Crippen LogP contribution in [0.15, 0.2) is 24.3 Å². The number of nitrogens with two attached hydrogens (primary N) is 1. The van der Waals surface area contributed by atoms with Crippen molar-refractivity contribution in [3.8, 4) is 0 Å². The topological polar surface area (TPSA) is 35.2 Å². The van der Waals surface area contributed by atoms with E-state index in [0.29, 0.717) is 19.8 Å². The molecule has 2 rings (SSSR count). The minimum Gasteiger partial charge on any atom is -0.380 e. The van der Waals surface area contributed by atoms with Crippen molar-refractivity contribution in [2.75, 3.05) is 19.8 Å². The standard InChI is InChI=1S/C12H16FNO/c13-11-4-2-1-3-10(11)12(5-7-14)6-8-15-9-12/h1-4H,5-9,14H2. The van der Waals surface area contributed by atoms with Gasteiger partial charge in [-0.25, -0.2) is 4.39 Å². The zero-order valence-corrected chi connectivity index (χ0v) is 8.71. The van der Waals surface area contributed by atoms with Crippen LogP contribution >= 0.6 is 0 Å². The average molecular weight is 209 g/mol. The molecule has 1 aromatic rings. The lowest BCUT2D eigenvalue weighted by molar-refractivity contribution is 0.174. The van der Waals surface area contributed by atoms with E-state index >= 15 is 0 Å². The van der Waals surface area contributed by atoms with Crippen molar-refractivity contribution in [3.63, 3.8) is 0 Å². The van der Waals surface area contributed by atoms with Crippen molar-refractivity contribution in [2.45, 2.75) is 18.3 Å². The molecule has 1 heterocycles. The fourth-order valence-corrected chi connectivity index (χ4v) is 2.32. The second-order valence-electron chi connectivity index (χ2n) is 4.10. The van der Waals surface area contributed by atoms with Crippen LogP contribution in [0.4, 0.5) is 4.39 Å². The third-order valence-electron chi connectivity index (χ3n) is 3.17. The average Bonchev–Trinajstić information content (AvgIpc) is 2.69. The molecule has 1 atom stereocenters. The summed E-state index contributed by atoms with van der Waals surface area (Å²) in [6.07, 6.45) is 1.65. The van der Waals surface area contributed by atoms with Gasteiger partial charge in [0.15, 0.2) is 0 Å². The predicted octanol–water partition coefficient (Wildman–Crippen LogP) is 1.83. The van der Waals surface area contributed by atoms with Gasteiger partial charge in [0.1, 0.15) is 5.82 Å². The Hall–Kier alpha value is -0.930. The fraction of sp³-hybridized carbons (Fsp3) is 0.500. The van der Waals surface area contributed by atoms with Crippen molar-refractivity contribution >= 4 is 0 Å². The van der Waals surface area contributed by atoms with Crippen molar-refractivity contribution in [1.29, 1.82) is 0 Å². The van der Waals surface area contributed by atoms with Crippen molar-refractivity contribution in [3.05, 3.63) is 35.6 Å². The van der Waals surface area contributed by atoms with Gasteiger partial charge in [-0.1, -0.05) is 18.2 Å². The molecule has 0 aromatic heterocycles. The molecule has 1 unspecified atom stereocenters. The van der Waals surface area contributed by atoms with Gasteiger partial charge in [0.25, 0.3) is 0 Å².